The number of rotatable bonds is 8. The second-order valence-corrected chi connectivity index (χ2v) is 10.0. The Balaban J connectivity index is 1.46. The average molecular weight is 538 g/mol. The highest BCUT2D eigenvalue weighted by atomic mass is 32.1. The molecule has 0 spiro atoms. The van der Waals surface area contributed by atoms with Crippen LogP contribution < -0.4 is 0 Å². The molecule has 4 rings (SSSR count). The van der Waals surface area contributed by atoms with Crippen LogP contribution in [0.1, 0.15) is 79.0 Å². The summed E-state index contributed by atoms with van der Waals surface area (Å²) in [6.45, 7) is 6.50. The third-order valence-electron chi connectivity index (χ3n) is 7.05. The number of hydrogen-bond donors (Lipinski definition) is 0. The number of aliphatic imine (C=N–C) groups is 1. The van der Waals surface area contributed by atoms with Crippen LogP contribution in [0, 0.1) is 23.7 Å². The first-order valence-corrected chi connectivity index (χ1v) is 14.6. The van der Waals surface area contributed by atoms with Crippen LogP contribution in [-0.4, -0.2) is 5.16 Å². The second kappa shape index (κ2) is 14.8. The van der Waals surface area contributed by atoms with Crippen LogP contribution in [0.2, 0.25) is 0 Å². The Morgan fingerprint density at radius 1 is 0.600 bits per heavy atom. The van der Waals surface area contributed by atoms with E-state index in [2.05, 4.69) is 127 Å². The van der Waals surface area contributed by atoms with Crippen molar-refractivity contribution in [2.24, 2.45) is 4.99 Å². The lowest BCUT2D eigenvalue weighted by Crippen LogP contribution is -1.90. The summed E-state index contributed by atoms with van der Waals surface area (Å²) in [6.07, 6.45) is 6.74. The van der Waals surface area contributed by atoms with Crippen LogP contribution in [-0.2, 0) is 19.3 Å². The van der Waals surface area contributed by atoms with E-state index in [0.29, 0.717) is 0 Å². The molecular formula is C38H35NS. The topological polar surface area (TPSA) is 12.4 Å². The van der Waals surface area contributed by atoms with Gasteiger partial charge in [0.25, 0.3) is 0 Å². The van der Waals surface area contributed by atoms with Crippen LogP contribution in [0.15, 0.2) is 89.9 Å². The lowest BCUT2D eigenvalue weighted by Gasteiger charge is -2.05. The molecule has 0 heterocycles. The van der Waals surface area contributed by atoms with Crippen LogP contribution in [0.25, 0.3) is 11.1 Å². The van der Waals surface area contributed by atoms with Crippen molar-refractivity contribution in [2.45, 2.75) is 59.3 Å². The van der Waals surface area contributed by atoms with E-state index in [9.17, 15) is 0 Å². The average Bonchev–Trinajstić information content (AvgIpc) is 3.00. The van der Waals surface area contributed by atoms with Gasteiger partial charge in [-0.2, -0.15) is 4.99 Å². The largest absolute Gasteiger partial charge is 0.194 e. The van der Waals surface area contributed by atoms with Crippen molar-refractivity contribution in [1.29, 1.82) is 0 Å². The first-order valence-electron chi connectivity index (χ1n) is 14.2. The normalized spacial score (nSPS) is 10.1. The number of aryl methyl sites for hydroxylation is 3. The summed E-state index contributed by atoms with van der Waals surface area (Å²) in [5.74, 6) is 13.3. The van der Waals surface area contributed by atoms with Gasteiger partial charge in [0, 0.05) is 22.3 Å². The number of nitrogens with zero attached hydrogens (tertiary/aromatic N) is 1. The second-order valence-electron chi connectivity index (χ2n) is 9.86. The van der Waals surface area contributed by atoms with E-state index in [-0.39, 0.29) is 0 Å². The van der Waals surface area contributed by atoms with Crippen molar-refractivity contribution in [2.75, 3.05) is 0 Å². The van der Waals surface area contributed by atoms with Gasteiger partial charge in [0.2, 0.25) is 0 Å². The molecule has 0 aliphatic heterocycles. The minimum Gasteiger partial charge on any atom is -0.194 e. The molecule has 0 atom stereocenters. The number of hydrogen-bond acceptors (Lipinski definition) is 2. The summed E-state index contributed by atoms with van der Waals surface area (Å²) in [5.41, 5.74) is 11.1. The van der Waals surface area contributed by atoms with E-state index in [4.69, 9.17) is 12.2 Å². The SMILES string of the molecule is CCCCCc1ccc(-c2ccc(C#Cc3ccc(C#Cc4ccc(N=C=S)c(CC)c4)c(CC)c3)cc2)cc1. The zero-order valence-corrected chi connectivity index (χ0v) is 24.5. The van der Waals surface area contributed by atoms with Crippen molar-refractivity contribution in [1.82, 2.24) is 0 Å². The zero-order valence-electron chi connectivity index (χ0n) is 23.7. The van der Waals surface area contributed by atoms with E-state index in [1.165, 1.54) is 41.5 Å². The predicted octanol–water partition coefficient (Wildman–Crippen LogP) is 9.74. The van der Waals surface area contributed by atoms with Gasteiger partial charge in [-0.15, -0.1) is 0 Å². The third-order valence-corrected chi connectivity index (χ3v) is 7.14. The minimum absolute atomic E-state index is 0.863. The highest BCUT2D eigenvalue weighted by Gasteiger charge is 2.03. The predicted molar refractivity (Wildman–Crippen MR) is 173 cm³/mol. The van der Waals surface area contributed by atoms with E-state index < -0.39 is 0 Å². The fourth-order valence-corrected chi connectivity index (χ4v) is 4.76. The zero-order chi connectivity index (χ0) is 28.2. The van der Waals surface area contributed by atoms with Gasteiger partial charge in [0.05, 0.1) is 10.8 Å². The number of isothiocyanates is 1. The van der Waals surface area contributed by atoms with Gasteiger partial charge in [-0.3, -0.25) is 0 Å². The molecule has 1 nitrogen and oxygen atoms in total. The third kappa shape index (κ3) is 7.91. The first-order chi connectivity index (χ1) is 19.6. The molecule has 4 aromatic carbocycles. The van der Waals surface area contributed by atoms with Crippen molar-refractivity contribution >= 4 is 23.1 Å². The molecule has 0 unspecified atom stereocenters. The smallest absolute Gasteiger partial charge is 0.0772 e. The van der Waals surface area contributed by atoms with Crippen molar-refractivity contribution in [3.8, 4) is 34.8 Å². The van der Waals surface area contributed by atoms with Crippen LogP contribution >= 0.6 is 12.2 Å². The summed E-state index contributed by atoms with van der Waals surface area (Å²) < 4.78 is 0. The van der Waals surface area contributed by atoms with Gasteiger partial charge >= 0.3 is 0 Å². The number of unbranched alkanes of at least 4 members (excludes halogenated alkanes) is 2. The Kier molecular flexibility index (Phi) is 10.7. The van der Waals surface area contributed by atoms with E-state index in [1.807, 2.05) is 12.1 Å². The maximum Gasteiger partial charge on any atom is 0.0772 e. The van der Waals surface area contributed by atoms with Gasteiger partial charge < -0.3 is 0 Å². The van der Waals surface area contributed by atoms with Gasteiger partial charge in [-0.25, -0.2) is 0 Å². The summed E-state index contributed by atoms with van der Waals surface area (Å²) in [4.78, 5) is 4.15. The maximum atomic E-state index is 4.76. The summed E-state index contributed by atoms with van der Waals surface area (Å²) in [6, 6.07) is 29.8. The molecule has 2 heteroatoms. The Labute approximate surface area is 245 Å². The van der Waals surface area contributed by atoms with Gasteiger partial charge in [0.1, 0.15) is 0 Å². The fourth-order valence-electron chi connectivity index (χ4n) is 4.66. The maximum absolute atomic E-state index is 4.76. The van der Waals surface area contributed by atoms with E-state index in [1.54, 1.807) is 0 Å². The fraction of sp³-hybridized carbons (Fsp3) is 0.237. The molecule has 0 aromatic heterocycles. The van der Waals surface area contributed by atoms with E-state index >= 15 is 0 Å². The Hall–Kier alpha value is -4.20. The molecule has 4 aromatic rings. The minimum atomic E-state index is 0.863. The number of benzene rings is 4. The molecule has 40 heavy (non-hydrogen) atoms. The van der Waals surface area contributed by atoms with Gasteiger partial charge in [0.15, 0.2) is 0 Å². The summed E-state index contributed by atoms with van der Waals surface area (Å²) in [5, 5.41) is 2.46. The molecule has 0 N–H and O–H groups in total. The molecule has 0 amide bonds. The van der Waals surface area contributed by atoms with E-state index in [0.717, 1.165) is 52.8 Å². The summed E-state index contributed by atoms with van der Waals surface area (Å²) >= 11 is 4.76. The molecule has 0 radical (unpaired) electrons. The standard InChI is InChI=1S/C38H35NS/c1-4-7-8-9-29-12-19-36(20-13-29)37-21-14-30(15-22-37)10-11-31-16-23-35(33(5-2)26-31)24-17-32-18-25-38(39-28-40)34(6-3)27-32/h12-16,18-23,25-27H,4-9H2,1-3H3. The molecular weight excluding hydrogens is 502 g/mol. The van der Waals surface area contributed by atoms with Crippen LogP contribution in [0.3, 0.4) is 0 Å². The van der Waals surface area contributed by atoms with Crippen LogP contribution in [0.4, 0.5) is 5.69 Å². The Morgan fingerprint density at radius 3 is 1.82 bits per heavy atom. The molecule has 198 valence electrons. The number of thiocarbonyl (C=S) groups is 1. The first kappa shape index (κ1) is 28.8. The Morgan fingerprint density at radius 2 is 1.18 bits per heavy atom. The molecule has 0 fully saturated rings. The lowest BCUT2D eigenvalue weighted by atomic mass is 10.00. The quantitative estimate of drug-likeness (QED) is 0.0943. The monoisotopic (exact) mass is 537 g/mol. The molecule has 0 aliphatic carbocycles. The Bertz CT molecular complexity index is 1610. The highest BCUT2D eigenvalue weighted by molar-refractivity contribution is 7.78. The highest BCUT2D eigenvalue weighted by Crippen LogP contribution is 2.22. The van der Waals surface area contributed by atoms with Gasteiger partial charge in [-0.1, -0.05) is 93.7 Å². The lowest BCUT2D eigenvalue weighted by molar-refractivity contribution is 0.717. The van der Waals surface area contributed by atoms with Crippen LogP contribution in [0.5, 0.6) is 0 Å². The van der Waals surface area contributed by atoms with Gasteiger partial charge in [-0.05, 0) is 114 Å². The van der Waals surface area contributed by atoms with Crippen molar-refractivity contribution in [3.05, 3.63) is 124 Å². The molecule has 0 saturated carbocycles. The molecule has 0 saturated heterocycles. The molecule has 0 aliphatic rings. The molecule has 0 bridgehead atoms. The van der Waals surface area contributed by atoms with Crippen molar-refractivity contribution < 1.29 is 0 Å². The summed E-state index contributed by atoms with van der Waals surface area (Å²) in [7, 11) is 0. The van der Waals surface area contributed by atoms with Crippen molar-refractivity contribution in [3.63, 3.8) is 0 Å².